The number of nitrogen functional groups attached to an aromatic ring is 1. The van der Waals surface area contributed by atoms with Crippen LogP contribution in [0.1, 0.15) is 15.9 Å². The van der Waals surface area contributed by atoms with E-state index in [4.69, 9.17) is 22.4 Å². The van der Waals surface area contributed by atoms with Crippen molar-refractivity contribution in [1.82, 2.24) is 4.98 Å². The van der Waals surface area contributed by atoms with Gasteiger partial charge in [-0.25, -0.2) is 9.78 Å². The molecule has 1 aromatic heterocycles. The third kappa shape index (κ3) is 2.23. The first-order valence-electron chi connectivity index (χ1n) is 3.18. The quantitative estimate of drug-likeness (QED) is 0.760. The molecule has 13 heavy (non-hydrogen) atoms. The number of pyridine rings is 1. The van der Waals surface area contributed by atoms with Crippen LogP contribution in [-0.2, 0) is 0 Å². The van der Waals surface area contributed by atoms with Crippen molar-refractivity contribution in [2.75, 3.05) is 5.73 Å². The normalized spacial score (nSPS) is 9.08. The number of hydrogen-bond donors (Lipinski definition) is 2. The van der Waals surface area contributed by atoms with Crippen LogP contribution in [0.2, 0.25) is 5.02 Å². The van der Waals surface area contributed by atoms with Gasteiger partial charge in [0.25, 0.3) is 0 Å². The van der Waals surface area contributed by atoms with E-state index in [1.165, 1.54) is 6.20 Å². The van der Waals surface area contributed by atoms with E-state index in [1.54, 1.807) is 6.92 Å². The van der Waals surface area contributed by atoms with E-state index in [0.29, 0.717) is 10.6 Å². The lowest BCUT2D eigenvalue weighted by Gasteiger charge is -2.04. The molecule has 1 rings (SSSR count). The molecule has 4 nitrogen and oxygen atoms in total. The van der Waals surface area contributed by atoms with Gasteiger partial charge in [0.05, 0.1) is 5.02 Å². The second-order valence-electron chi connectivity index (χ2n) is 2.30. The Hall–Kier alpha value is -1.00. The summed E-state index contributed by atoms with van der Waals surface area (Å²) in [5, 5.41) is 9.00. The number of carboxylic acids is 1. The Morgan fingerprint density at radius 2 is 2.23 bits per heavy atom. The van der Waals surface area contributed by atoms with Gasteiger partial charge in [0.15, 0.2) is 0 Å². The van der Waals surface area contributed by atoms with Gasteiger partial charge >= 0.3 is 5.97 Å². The molecule has 0 aromatic carbocycles. The Bertz CT molecular complexity index is 342. The van der Waals surface area contributed by atoms with Gasteiger partial charge in [0.2, 0.25) is 0 Å². The van der Waals surface area contributed by atoms with Crippen molar-refractivity contribution in [3.63, 3.8) is 0 Å². The monoisotopic (exact) mass is 222 g/mol. The van der Waals surface area contributed by atoms with Crippen LogP contribution in [0.15, 0.2) is 6.20 Å². The maximum absolute atomic E-state index is 10.6. The maximum Gasteiger partial charge on any atom is 0.339 e. The molecule has 0 aliphatic carbocycles. The molecule has 3 N–H and O–H groups in total. The Kier molecular flexibility index (Phi) is 3.97. The van der Waals surface area contributed by atoms with E-state index < -0.39 is 5.97 Å². The van der Waals surface area contributed by atoms with Crippen molar-refractivity contribution in [2.45, 2.75) is 6.92 Å². The Balaban J connectivity index is 0.00000144. The van der Waals surface area contributed by atoms with Gasteiger partial charge < -0.3 is 10.8 Å². The number of hydrogen-bond acceptors (Lipinski definition) is 3. The number of halogens is 2. The molecule has 0 saturated carbocycles. The lowest BCUT2D eigenvalue weighted by molar-refractivity contribution is 0.0697. The summed E-state index contributed by atoms with van der Waals surface area (Å²) in [6, 6.07) is 0. The van der Waals surface area contributed by atoms with Crippen molar-refractivity contribution in [2.24, 2.45) is 0 Å². The van der Waals surface area contributed by atoms with Crippen LogP contribution in [0, 0.1) is 6.92 Å². The number of carboxylic acid groups (broad SMARTS) is 1. The zero-order valence-electron chi connectivity index (χ0n) is 6.74. The summed E-state index contributed by atoms with van der Waals surface area (Å²) in [5.41, 5.74) is 5.76. The second-order valence-corrected chi connectivity index (χ2v) is 2.70. The van der Waals surface area contributed by atoms with Gasteiger partial charge in [-0.15, -0.1) is 12.4 Å². The number of carbonyl (C=O) groups is 1. The van der Waals surface area contributed by atoms with Gasteiger partial charge in [0, 0.05) is 6.20 Å². The summed E-state index contributed by atoms with van der Waals surface area (Å²) in [6.07, 6.45) is 1.33. The van der Waals surface area contributed by atoms with Crippen molar-refractivity contribution >= 4 is 35.8 Å². The Labute approximate surface area is 86.1 Å². The molecule has 6 heteroatoms. The molecule has 0 aliphatic rings. The van der Waals surface area contributed by atoms with Crippen molar-refractivity contribution in [3.05, 3.63) is 22.3 Å². The largest absolute Gasteiger partial charge is 0.478 e. The fraction of sp³-hybridized carbons (Fsp3) is 0.143. The van der Waals surface area contributed by atoms with E-state index in [2.05, 4.69) is 4.98 Å². The highest BCUT2D eigenvalue weighted by atomic mass is 35.5. The number of aromatic nitrogens is 1. The fourth-order valence-electron chi connectivity index (χ4n) is 0.869. The highest BCUT2D eigenvalue weighted by Crippen LogP contribution is 2.21. The van der Waals surface area contributed by atoms with Crippen LogP contribution < -0.4 is 5.73 Å². The zero-order valence-corrected chi connectivity index (χ0v) is 8.32. The summed E-state index contributed by atoms with van der Waals surface area (Å²) in [7, 11) is 0. The minimum Gasteiger partial charge on any atom is -0.478 e. The zero-order chi connectivity index (χ0) is 9.30. The van der Waals surface area contributed by atoms with E-state index in [0.717, 1.165) is 0 Å². The predicted molar refractivity (Wildman–Crippen MR) is 52.6 cm³/mol. The van der Waals surface area contributed by atoms with Gasteiger partial charge in [-0.3, -0.25) is 0 Å². The molecule has 0 saturated heterocycles. The van der Waals surface area contributed by atoms with Gasteiger partial charge in [-0.05, 0) is 12.5 Å². The van der Waals surface area contributed by atoms with Crippen LogP contribution in [0.5, 0.6) is 0 Å². The maximum atomic E-state index is 10.6. The molecule has 0 amide bonds. The molecule has 0 unspecified atom stereocenters. The van der Waals surface area contributed by atoms with Gasteiger partial charge in [-0.1, -0.05) is 11.6 Å². The smallest absolute Gasteiger partial charge is 0.339 e. The number of nitrogens with two attached hydrogens (primary N) is 1. The van der Waals surface area contributed by atoms with Crippen LogP contribution in [0.25, 0.3) is 0 Å². The van der Waals surface area contributed by atoms with Crippen molar-refractivity contribution in [1.29, 1.82) is 0 Å². The molecule has 0 fully saturated rings. The average Bonchev–Trinajstić information content (AvgIpc) is 1.97. The van der Waals surface area contributed by atoms with Crippen LogP contribution >= 0.6 is 24.0 Å². The SMILES string of the molecule is Cc1c(Cl)cnc(N)c1C(=O)O.Cl. The van der Waals surface area contributed by atoms with E-state index in [1.807, 2.05) is 0 Å². The molecule has 0 aliphatic heterocycles. The lowest BCUT2D eigenvalue weighted by atomic mass is 10.1. The molecule has 1 heterocycles. The molecule has 0 bridgehead atoms. The van der Waals surface area contributed by atoms with E-state index >= 15 is 0 Å². The molecule has 0 spiro atoms. The molecule has 72 valence electrons. The fourth-order valence-corrected chi connectivity index (χ4v) is 1.01. The standard InChI is InChI=1S/C7H7ClN2O2.ClH/c1-3-4(8)2-10-6(9)5(3)7(11)12;/h2H,1H3,(H2,9,10)(H,11,12);1H. The van der Waals surface area contributed by atoms with E-state index in [-0.39, 0.29) is 23.8 Å². The van der Waals surface area contributed by atoms with Gasteiger partial charge in [-0.2, -0.15) is 0 Å². The van der Waals surface area contributed by atoms with E-state index in [9.17, 15) is 4.79 Å². The van der Waals surface area contributed by atoms with Crippen molar-refractivity contribution in [3.8, 4) is 0 Å². The highest BCUT2D eigenvalue weighted by molar-refractivity contribution is 6.31. The second kappa shape index (κ2) is 4.30. The summed E-state index contributed by atoms with van der Waals surface area (Å²) in [5.74, 6) is -1.12. The third-order valence-corrected chi connectivity index (χ3v) is 1.90. The topological polar surface area (TPSA) is 76.2 Å². The Morgan fingerprint density at radius 3 is 2.62 bits per heavy atom. The number of aromatic carboxylic acids is 1. The molecule has 0 radical (unpaired) electrons. The molecule has 0 atom stereocenters. The molecular formula is C7H8Cl2N2O2. The third-order valence-electron chi connectivity index (χ3n) is 1.52. The van der Waals surface area contributed by atoms with Crippen LogP contribution in [-0.4, -0.2) is 16.1 Å². The minimum atomic E-state index is -1.11. The number of rotatable bonds is 1. The summed E-state index contributed by atoms with van der Waals surface area (Å²) in [6.45, 7) is 1.59. The average molecular weight is 223 g/mol. The summed E-state index contributed by atoms with van der Waals surface area (Å²) >= 11 is 5.65. The minimum absolute atomic E-state index is 0. The summed E-state index contributed by atoms with van der Waals surface area (Å²) in [4.78, 5) is 14.2. The molecular weight excluding hydrogens is 215 g/mol. The van der Waals surface area contributed by atoms with Gasteiger partial charge in [0.1, 0.15) is 11.4 Å². The van der Waals surface area contributed by atoms with Crippen molar-refractivity contribution < 1.29 is 9.90 Å². The first kappa shape index (κ1) is 12.0. The summed E-state index contributed by atoms with van der Waals surface area (Å²) < 4.78 is 0. The highest BCUT2D eigenvalue weighted by Gasteiger charge is 2.14. The van der Waals surface area contributed by atoms with Crippen LogP contribution in [0.3, 0.4) is 0 Å². The first-order chi connectivity index (χ1) is 5.54. The van der Waals surface area contributed by atoms with Crippen LogP contribution in [0.4, 0.5) is 5.82 Å². The predicted octanol–water partition coefficient (Wildman–Crippen LogP) is 1.75. The Morgan fingerprint density at radius 1 is 1.69 bits per heavy atom. The number of nitrogens with zero attached hydrogens (tertiary/aromatic N) is 1. The lowest BCUT2D eigenvalue weighted by Crippen LogP contribution is -2.07. The molecule has 1 aromatic rings. The number of anilines is 1. The first-order valence-corrected chi connectivity index (χ1v) is 3.55.